The van der Waals surface area contributed by atoms with Crippen molar-refractivity contribution >= 4 is 0 Å². The predicted octanol–water partition coefficient (Wildman–Crippen LogP) is -0.543. The number of rotatable bonds is 2. The van der Waals surface area contributed by atoms with E-state index in [4.69, 9.17) is 4.74 Å². The van der Waals surface area contributed by atoms with Gasteiger partial charge in [0.15, 0.2) is 5.72 Å². The van der Waals surface area contributed by atoms with Gasteiger partial charge in [-0.1, -0.05) is 0 Å². The van der Waals surface area contributed by atoms with Gasteiger partial charge in [0.2, 0.25) is 0 Å². The first kappa shape index (κ1) is 5.03. The second kappa shape index (κ2) is 1.43. The molecule has 7 heavy (non-hydrogen) atoms. The van der Waals surface area contributed by atoms with Gasteiger partial charge in [-0.2, -0.15) is 0 Å². The molecule has 1 heterocycles. The molecule has 3 heteroatoms. The maximum atomic E-state index is 4.96. The third kappa shape index (κ3) is 1.12. The Labute approximate surface area is 43.0 Å². The van der Waals surface area contributed by atoms with E-state index in [-0.39, 0.29) is 5.72 Å². The third-order valence-electron chi connectivity index (χ3n) is 0.967. The molecule has 0 bridgehead atoms. The molecule has 1 rings (SSSR count). The SMILES string of the molecule is CNNC1(C)CO1. The summed E-state index contributed by atoms with van der Waals surface area (Å²) < 4.78 is 4.96. The summed E-state index contributed by atoms with van der Waals surface area (Å²) in [5.41, 5.74) is 5.66. The van der Waals surface area contributed by atoms with Gasteiger partial charge in [0.1, 0.15) is 0 Å². The van der Waals surface area contributed by atoms with Gasteiger partial charge in [-0.25, -0.2) is 5.43 Å². The molecule has 3 nitrogen and oxygen atoms in total. The van der Waals surface area contributed by atoms with E-state index in [0.717, 1.165) is 6.61 Å². The second-order valence-corrected chi connectivity index (χ2v) is 1.89. The molecule has 2 N–H and O–H groups in total. The molecule has 1 aliphatic heterocycles. The van der Waals surface area contributed by atoms with Crippen LogP contribution >= 0.6 is 0 Å². The van der Waals surface area contributed by atoms with E-state index in [2.05, 4.69) is 10.9 Å². The minimum Gasteiger partial charge on any atom is -0.353 e. The van der Waals surface area contributed by atoms with Crippen LogP contribution < -0.4 is 10.9 Å². The molecule has 0 radical (unpaired) electrons. The minimum absolute atomic E-state index is 0.0608. The molecule has 0 amide bonds. The van der Waals surface area contributed by atoms with Crippen LogP contribution in [0.15, 0.2) is 0 Å². The summed E-state index contributed by atoms with van der Waals surface area (Å²) >= 11 is 0. The molecule has 0 aromatic heterocycles. The lowest BCUT2D eigenvalue weighted by Crippen LogP contribution is -2.38. The van der Waals surface area contributed by atoms with Crippen LogP contribution in [0.1, 0.15) is 6.92 Å². The Balaban J connectivity index is 2.13. The van der Waals surface area contributed by atoms with Crippen molar-refractivity contribution in [3.8, 4) is 0 Å². The van der Waals surface area contributed by atoms with Crippen molar-refractivity contribution in [1.82, 2.24) is 10.9 Å². The standard InChI is InChI=1S/C4H10N2O/c1-4(3-7-4)6-5-2/h5-6H,3H2,1-2H3. The summed E-state index contributed by atoms with van der Waals surface area (Å²) in [4.78, 5) is 0. The Morgan fingerprint density at radius 3 is 2.43 bits per heavy atom. The maximum absolute atomic E-state index is 4.96. The Kier molecular flexibility index (Phi) is 1.03. The minimum atomic E-state index is -0.0608. The van der Waals surface area contributed by atoms with Gasteiger partial charge in [-0.3, -0.25) is 5.43 Å². The normalized spacial score (nSPS) is 38.6. The largest absolute Gasteiger partial charge is 0.353 e. The van der Waals surface area contributed by atoms with Gasteiger partial charge in [-0.15, -0.1) is 0 Å². The fraction of sp³-hybridized carbons (Fsp3) is 1.00. The van der Waals surface area contributed by atoms with Gasteiger partial charge in [-0.05, 0) is 14.0 Å². The lowest BCUT2D eigenvalue weighted by molar-refractivity contribution is 0.256. The van der Waals surface area contributed by atoms with E-state index in [1.807, 2.05) is 14.0 Å². The van der Waals surface area contributed by atoms with E-state index < -0.39 is 0 Å². The van der Waals surface area contributed by atoms with Crippen molar-refractivity contribution in [1.29, 1.82) is 0 Å². The fourth-order valence-electron chi connectivity index (χ4n) is 0.445. The Morgan fingerprint density at radius 2 is 2.29 bits per heavy atom. The zero-order valence-electron chi connectivity index (χ0n) is 4.62. The average Bonchev–Trinajstić information content (AvgIpc) is 2.22. The Morgan fingerprint density at radius 1 is 1.71 bits per heavy atom. The first-order valence-corrected chi connectivity index (χ1v) is 2.35. The van der Waals surface area contributed by atoms with E-state index in [1.165, 1.54) is 0 Å². The molecule has 1 fully saturated rings. The van der Waals surface area contributed by atoms with E-state index in [1.54, 1.807) is 0 Å². The molecule has 1 atom stereocenters. The first-order chi connectivity index (χ1) is 3.27. The summed E-state index contributed by atoms with van der Waals surface area (Å²) in [6, 6.07) is 0. The second-order valence-electron chi connectivity index (χ2n) is 1.89. The maximum Gasteiger partial charge on any atom is 0.152 e. The number of nitrogens with one attached hydrogen (secondary N) is 2. The highest BCUT2D eigenvalue weighted by Crippen LogP contribution is 2.19. The molecule has 1 unspecified atom stereocenters. The molecule has 0 saturated carbocycles. The van der Waals surface area contributed by atoms with E-state index in [0.29, 0.717) is 0 Å². The predicted molar refractivity (Wildman–Crippen MR) is 26.6 cm³/mol. The van der Waals surface area contributed by atoms with Gasteiger partial charge < -0.3 is 4.74 Å². The topological polar surface area (TPSA) is 36.6 Å². The van der Waals surface area contributed by atoms with Crippen molar-refractivity contribution in [3.05, 3.63) is 0 Å². The highest BCUT2D eigenvalue weighted by molar-refractivity contribution is 4.80. The fourth-order valence-corrected chi connectivity index (χ4v) is 0.445. The van der Waals surface area contributed by atoms with Crippen LogP contribution in [0.4, 0.5) is 0 Å². The van der Waals surface area contributed by atoms with Crippen molar-refractivity contribution in [2.24, 2.45) is 0 Å². The number of hydrogen-bond acceptors (Lipinski definition) is 3. The van der Waals surface area contributed by atoms with Crippen LogP contribution in [-0.4, -0.2) is 19.4 Å². The first-order valence-electron chi connectivity index (χ1n) is 2.35. The van der Waals surface area contributed by atoms with Gasteiger partial charge in [0.05, 0.1) is 6.61 Å². The van der Waals surface area contributed by atoms with Crippen molar-refractivity contribution in [2.45, 2.75) is 12.6 Å². The molecule has 42 valence electrons. The monoisotopic (exact) mass is 102 g/mol. The summed E-state index contributed by atoms with van der Waals surface area (Å²) in [6.07, 6.45) is 0. The molecular weight excluding hydrogens is 92.1 g/mol. The van der Waals surface area contributed by atoms with Gasteiger partial charge in [0.25, 0.3) is 0 Å². The van der Waals surface area contributed by atoms with Crippen LogP contribution in [0.3, 0.4) is 0 Å². The Bertz CT molecular complexity index is 70.1. The molecular formula is C4H10N2O. The number of hydrogen-bond donors (Lipinski definition) is 2. The zero-order chi connectivity index (χ0) is 5.33. The van der Waals surface area contributed by atoms with Crippen molar-refractivity contribution < 1.29 is 4.74 Å². The van der Waals surface area contributed by atoms with Crippen molar-refractivity contribution in [3.63, 3.8) is 0 Å². The van der Waals surface area contributed by atoms with Crippen LogP contribution in [0.5, 0.6) is 0 Å². The highest BCUT2D eigenvalue weighted by Gasteiger charge is 2.38. The summed E-state index contributed by atoms with van der Waals surface area (Å²) in [5, 5.41) is 0. The lowest BCUT2D eigenvalue weighted by Gasteiger charge is -2.03. The van der Waals surface area contributed by atoms with Crippen LogP contribution in [-0.2, 0) is 4.74 Å². The van der Waals surface area contributed by atoms with E-state index in [9.17, 15) is 0 Å². The summed E-state index contributed by atoms with van der Waals surface area (Å²) in [5.74, 6) is 0. The van der Waals surface area contributed by atoms with Gasteiger partial charge in [0, 0.05) is 0 Å². The smallest absolute Gasteiger partial charge is 0.152 e. The highest BCUT2D eigenvalue weighted by atomic mass is 16.6. The Hall–Kier alpha value is -0.120. The van der Waals surface area contributed by atoms with Crippen LogP contribution in [0.2, 0.25) is 0 Å². The molecule has 1 saturated heterocycles. The molecule has 0 aromatic rings. The lowest BCUT2D eigenvalue weighted by atomic mass is 10.4. The third-order valence-corrected chi connectivity index (χ3v) is 0.967. The molecule has 0 aromatic carbocycles. The number of hydrazine groups is 1. The molecule has 0 spiro atoms. The number of epoxide rings is 1. The summed E-state index contributed by atoms with van der Waals surface area (Å²) in [7, 11) is 1.83. The van der Waals surface area contributed by atoms with Crippen LogP contribution in [0.25, 0.3) is 0 Å². The zero-order valence-corrected chi connectivity index (χ0v) is 4.62. The molecule has 1 aliphatic rings. The van der Waals surface area contributed by atoms with Crippen LogP contribution in [0, 0.1) is 0 Å². The van der Waals surface area contributed by atoms with E-state index >= 15 is 0 Å². The van der Waals surface area contributed by atoms with Crippen molar-refractivity contribution in [2.75, 3.05) is 13.7 Å². The summed E-state index contributed by atoms with van der Waals surface area (Å²) in [6.45, 7) is 2.80. The average molecular weight is 102 g/mol. The quantitative estimate of drug-likeness (QED) is 0.363. The molecule has 0 aliphatic carbocycles. The number of ether oxygens (including phenoxy) is 1. The van der Waals surface area contributed by atoms with Gasteiger partial charge >= 0.3 is 0 Å².